The van der Waals surface area contributed by atoms with E-state index in [9.17, 15) is 4.79 Å². The fourth-order valence-corrected chi connectivity index (χ4v) is 1.71. The smallest absolute Gasteiger partial charge is 0.239 e. The maximum Gasteiger partial charge on any atom is 0.239 e. The molecule has 1 rings (SSSR count). The van der Waals surface area contributed by atoms with Gasteiger partial charge in [0.25, 0.3) is 0 Å². The summed E-state index contributed by atoms with van der Waals surface area (Å²) in [6.45, 7) is 8.65. The third-order valence-corrected chi connectivity index (χ3v) is 2.81. The Morgan fingerprint density at radius 2 is 2.05 bits per heavy atom. The topological polar surface area (TPSA) is 84.1 Å². The van der Waals surface area contributed by atoms with Crippen LogP contribution >= 0.6 is 0 Å². The minimum absolute atomic E-state index is 0.0346. The largest absolute Gasteiger partial charge is 0.383 e. The van der Waals surface area contributed by atoms with Gasteiger partial charge in [-0.3, -0.25) is 4.79 Å². The zero-order valence-corrected chi connectivity index (χ0v) is 12.3. The lowest BCUT2D eigenvalue weighted by atomic mass is 10.2. The van der Waals surface area contributed by atoms with Crippen LogP contribution in [0.3, 0.4) is 0 Å². The number of likely N-dealkylation sites (N-methyl/N-ethyl adjacent to an activating group) is 2. The Balaban J connectivity index is 3.01. The van der Waals surface area contributed by atoms with Crippen molar-refractivity contribution < 1.29 is 4.79 Å². The maximum atomic E-state index is 11.6. The summed E-state index contributed by atoms with van der Waals surface area (Å²) in [4.78, 5) is 22.2. The number of nitrogens with two attached hydrogens (primary N) is 1. The summed E-state index contributed by atoms with van der Waals surface area (Å²) in [6.07, 6.45) is 0. The molecule has 0 aliphatic carbocycles. The lowest BCUT2D eigenvalue weighted by Crippen LogP contribution is -2.36. The van der Waals surface area contributed by atoms with E-state index in [2.05, 4.69) is 15.3 Å². The first kappa shape index (κ1) is 15.2. The van der Waals surface area contributed by atoms with E-state index in [1.165, 1.54) is 0 Å². The third-order valence-electron chi connectivity index (χ3n) is 2.81. The van der Waals surface area contributed by atoms with E-state index in [1.807, 2.05) is 34.7 Å². The number of nitrogens with one attached hydrogen (secondary N) is 1. The Morgan fingerprint density at radius 1 is 1.42 bits per heavy atom. The number of hydrogen-bond donors (Lipinski definition) is 2. The summed E-state index contributed by atoms with van der Waals surface area (Å²) in [5.41, 5.74) is 6.71. The van der Waals surface area contributed by atoms with E-state index in [1.54, 1.807) is 4.90 Å². The monoisotopic (exact) mass is 265 g/mol. The predicted octanol–water partition coefficient (Wildman–Crippen LogP) is 1.06. The van der Waals surface area contributed by atoms with Crippen LogP contribution in [0.1, 0.15) is 38.1 Å². The Labute approximate surface area is 114 Å². The molecule has 6 nitrogen and oxygen atoms in total. The minimum Gasteiger partial charge on any atom is -0.383 e. The molecule has 106 valence electrons. The van der Waals surface area contributed by atoms with Gasteiger partial charge in [-0.15, -0.1) is 0 Å². The van der Waals surface area contributed by atoms with Gasteiger partial charge < -0.3 is 16.0 Å². The van der Waals surface area contributed by atoms with Crippen LogP contribution < -0.4 is 16.0 Å². The summed E-state index contributed by atoms with van der Waals surface area (Å²) in [5.74, 6) is 2.03. The molecular formula is C13H23N5O. The number of anilines is 2. The average molecular weight is 265 g/mol. The van der Waals surface area contributed by atoms with E-state index in [4.69, 9.17) is 5.73 Å². The van der Waals surface area contributed by atoms with Gasteiger partial charge in [0.1, 0.15) is 17.5 Å². The molecule has 0 aliphatic heterocycles. The lowest BCUT2D eigenvalue weighted by molar-refractivity contribution is -0.119. The van der Waals surface area contributed by atoms with Crippen molar-refractivity contribution in [3.63, 3.8) is 0 Å². The summed E-state index contributed by atoms with van der Waals surface area (Å²) >= 11 is 0. The van der Waals surface area contributed by atoms with Gasteiger partial charge in [-0.1, -0.05) is 13.8 Å². The number of carbonyl (C=O) groups is 1. The third kappa shape index (κ3) is 3.81. The molecule has 0 spiro atoms. The fourth-order valence-electron chi connectivity index (χ4n) is 1.71. The molecule has 0 unspecified atom stereocenters. The van der Waals surface area contributed by atoms with Gasteiger partial charge >= 0.3 is 0 Å². The van der Waals surface area contributed by atoms with E-state index in [-0.39, 0.29) is 18.4 Å². The van der Waals surface area contributed by atoms with E-state index in [0.29, 0.717) is 24.0 Å². The summed E-state index contributed by atoms with van der Waals surface area (Å²) in [6, 6.07) is 0. The van der Waals surface area contributed by atoms with Gasteiger partial charge in [-0.05, 0) is 13.8 Å². The molecule has 19 heavy (non-hydrogen) atoms. The standard InChI is InChI=1S/C13H23N5O/c1-6-15-10(19)7-18(5)13-9(4)11(14)16-12(17-13)8(2)3/h8H,6-7H2,1-5H3,(H,15,19)(H2,14,16,17). The number of nitrogen functional groups attached to an aromatic ring is 1. The number of aromatic nitrogens is 2. The first-order chi connectivity index (χ1) is 8.86. The quantitative estimate of drug-likeness (QED) is 0.831. The molecule has 3 N–H and O–H groups in total. The summed E-state index contributed by atoms with van der Waals surface area (Å²) in [7, 11) is 1.83. The summed E-state index contributed by atoms with van der Waals surface area (Å²) in [5, 5.41) is 2.76. The van der Waals surface area contributed by atoms with Crippen LogP contribution in [0.4, 0.5) is 11.6 Å². The van der Waals surface area contributed by atoms with Gasteiger partial charge in [0.05, 0.1) is 6.54 Å². The van der Waals surface area contributed by atoms with Crippen LogP contribution in [-0.4, -0.2) is 36.0 Å². The van der Waals surface area contributed by atoms with Crippen LogP contribution in [0.5, 0.6) is 0 Å². The highest BCUT2D eigenvalue weighted by Gasteiger charge is 2.16. The second-order valence-electron chi connectivity index (χ2n) is 4.88. The van der Waals surface area contributed by atoms with Crippen molar-refractivity contribution >= 4 is 17.5 Å². The van der Waals surface area contributed by atoms with E-state index >= 15 is 0 Å². The molecule has 6 heteroatoms. The Kier molecular flexibility index (Phi) is 5.09. The van der Waals surface area contributed by atoms with Crippen molar-refractivity contribution in [3.05, 3.63) is 11.4 Å². The highest BCUT2D eigenvalue weighted by atomic mass is 16.2. The average Bonchev–Trinajstić information content (AvgIpc) is 2.32. The van der Waals surface area contributed by atoms with Crippen LogP contribution in [0.2, 0.25) is 0 Å². The summed E-state index contributed by atoms with van der Waals surface area (Å²) < 4.78 is 0. The fraction of sp³-hybridized carbons (Fsp3) is 0.615. The van der Waals surface area contributed by atoms with Crippen LogP contribution in [0.15, 0.2) is 0 Å². The van der Waals surface area contributed by atoms with Gasteiger partial charge in [-0.25, -0.2) is 9.97 Å². The SMILES string of the molecule is CCNC(=O)CN(C)c1nc(C(C)C)nc(N)c1C. The lowest BCUT2D eigenvalue weighted by Gasteiger charge is -2.21. The van der Waals surface area contributed by atoms with Crippen LogP contribution in [-0.2, 0) is 4.79 Å². The Hall–Kier alpha value is -1.85. The molecule has 0 atom stereocenters. The van der Waals surface area contributed by atoms with Gasteiger partial charge in [0, 0.05) is 25.1 Å². The zero-order valence-electron chi connectivity index (χ0n) is 12.3. The molecule has 0 aliphatic rings. The van der Waals surface area contributed by atoms with Crippen molar-refractivity contribution in [3.8, 4) is 0 Å². The number of rotatable bonds is 5. The highest BCUT2D eigenvalue weighted by molar-refractivity contribution is 5.81. The second-order valence-corrected chi connectivity index (χ2v) is 4.88. The molecule has 1 aromatic heterocycles. The number of nitrogens with zero attached hydrogens (tertiary/aromatic N) is 3. The molecule has 1 aromatic rings. The molecule has 0 radical (unpaired) electrons. The molecule has 1 heterocycles. The minimum atomic E-state index is -0.0346. The van der Waals surface area contributed by atoms with Gasteiger partial charge in [-0.2, -0.15) is 0 Å². The van der Waals surface area contributed by atoms with Gasteiger partial charge in [0.2, 0.25) is 5.91 Å². The van der Waals surface area contributed by atoms with Crippen molar-refractivity contribution in [2.24, 2.45) is 0 Å². The molecule has 0 aromatic carbocycles. The normalized spacial score (nSPS) is 10.6. The van der Waals surface area contributed by atoms with Crippen LogP contribution in [0.25, 0.3) is 0 Å². The first-order valence-electron chi connectivity index (χ1n) is 6.48. The predicted molar refractivity (Wildman–Crippen MR) is 77.2 cm³/mol. The Bertz CT molecular complexity index is 459. The molecule has 0 saturated carbocycles. The van der Waals surface area contributed by atoms with Crippen molar-refractivity contribution in [2.45, 2.75) is 33.6 Å². The van der Waals surface area contributed by atoms with E-state index < -0.39 is 0 Å². The number of hydrogen-bond acceptors (Lipinski definition) is 5. The van der Waals surface area contributed by atoms with Gasteiger partial charge in [0.15, 0.2) is 0 Å². The van der Waals surface area contributed by atoms with Crippen molar-refractivity contribution in [2.75, 3.05) is 30.8 Å². The first-order valence-corrected chi connectivity index (χ1v) is 6.48. The molecule has 0 fully saturated rings. The molecule has 1 amide bonds. The van der Waals surface area contributed by atoms with Crippen LogP contribution in [0, 0.1) is 6.92 Å². The number of amides is 1. The second kappa shape index (κ2) is 6.36. The molecular weight excluding hydrogens is 242 g/mol. The van der Waals surface area contributed by atoms with Crippen molar-refractivity contribution in [1.29, 1.82) is 0 Å². The number of carbonyl (C=O) groups excluding carboxylic acids is 1. The van der Waals surface area contributed by atoms with E-state index in [0.717, 1.165) is 5.56 Å². The Morgan fingerprint density at radius 3 is 2.58 bits per heavy atom. The molecule has 0 bridgehead atoms. The maximum absolute atomic E-state index is 11.6. The van der Waals surface area contributed by atoms with Crippen molar-refractivity contribution in [1.82, 2.24) is 15.3 Å². The highest BCUT2D eigenvalue weighted by Crippen LogP contribution is 2.23. The zero-order chi connectivity index (χ0) is 14.6. The molecule has 0 saturated heterocycles.